The summed E-state index contributed by atoms with van der Waals surface area (Å²) >= 11 is 1.52. The fourth-order valence-corrected chi connectivity index (χ4v) is 4.05. The van der Waals surface area contributed by atoms with Gasteiger partial charge in [0.15, 0.2) is 18.1 Å². The highest BCUT2D eigenvalue weighted by Crippen LogP contribution is 2.34. The molecule has 2 aromatic rings. The molecule has 1 aliphatic rings. The van der Waals surface area contributed by atoms with Crippen LogP contribution in [-0.4, -0.2) is 44.4 Å². The van der Waals surface area contributed by atoms with Crippen molar-refractivity contribution >= 4 is 35.5 Å². The summed E-state index contributed by atoms with van der Waals surface area (Å²) < 4.78 is 16.1. The average Bonchev–Trinajstić information content (AvgIpc) is 3.21. The maximum absolute atomic E-state index is 12.5. The standard InChI is InChI=1S/C23H26N4O6S/c1-5-32-22(29)20-14(3)25-23(30)26-21(20)15-6-7-16(17(10-15)31-4)33-12-19(28)27-24-11-18-13(2)8-9-34-18/h6-11,21H,5,12H2,1-4H3,(H,27,28)(H2,25,26,30)/b24-11-/t21-/m0/s1. The highest BCUT2D eigenvalue weighted by Gasteiger charge is 2.32. The van der Waals surface area contributed by atoms with Crippen LogP contribution in [0.15, 0.2) is 46.0 Å². The van der Waals surface area contributed by atoms with Crippen molar-refractivity contribution in [2.75, 3.05) is 20.3 Å². The Morgan fingerprint density at radius 2 is 2.03 bits per heavy atom. The minimum absolute atomic E-state index is 0.200. The summed E-state index contributed by atoms with van der Waals surface area (Å²) in [5.74, 6) is -0.327. The number of thiophene rings is 1. The quantitative estimate of drug-likeness (QED) is 0.284. The molecule has 2 heterocycles. The van der Waals surface area contributed by atoms with Gasteiger partial charge in [-0.2, -0.15) is 5.10 Å². The number of benzene rings is 1. The number of amides is 3. The number of carbonyl (C=O) groups is 3. The topological polar surface area (TPSA) is 127 Å². The number of methoxy groups -OCH3 is 1. The van der Waals surface area contributed by atoms with Gasteiger partial charge in [0.2, 0.25) is 0 Å². The van der Waals surface area contributed by atoms with Crippen LogP contribution in [0, 0.1) is 6.92 Å². The number of urea groups is 1. The second-order valence-corrected chi connectivity index (χ2v) is 8.20. The maximum atomic E-state index is 12.5. The summed E-state index contributed by atoms with van der Waals surface area (Å²) in [5.41, 5.74) is 4.77. The first kappa shape index (κ1) is 24.8. The Labute approximate surface area is 201 Å². The third-order valence-electron chi connectivity index (χ3n) is 4.92. The maximum Gasteiger partial charge on any atom is 0.338 e. The Morgan fingerprint density at radius 3 is 2.71 bits per heavy atom. The number of nitrogens with one attached hydrogen (secondary N) is 3. The fourth-order valence-electron chi connectivity index (χ4n) is 3.26. The highest BCUT2D eigenvalue weighted by atomic mass is 32.1. The van der Waals surface area contributed by atoms with Gasteiger partial charge in [-0.25, -0.2) is 15.0 Å². The lowest BCUT2D eigenvalue weighted by atomic mass is 9.95. The molecule has 1 aromatic carbocycles. The summed E-state index contributed by atoms with van der Waals surface area (Å²) in [6.45, 7) is 5.21. The molecule has 34 heavy (non-hydrogen) atoms. The van der Waals surface area contributed by atoms with Crippen LogP contribution in [0.4, 0.5) is 4.79 Å². The molecule has 0 saturated carbocycles. The van der Waals surface area contributed by atoms with Gasteiger partial charge >= 0.3 is 12.0 Å². The van der Waals surface area contributed by atoms with Crippen molar-refractivity contribution in [2.24, 2.45) is 5.10 Å². The normalized spacial score (nSPS) is 15.5. The second-order valence-electron chi connectivity index (χ2n) is 7.25. The summed E-state index contributed by atoms with van der Waals surface area (Å²) in [6, 6.07) is 5.70. The number of hydrogen-bond acceptors (Lipinski definition) is 8. The summed E-state index contributed by atoms with van der Waals surface area (Å²) in [6.07, 6.45) is 1.58. The Morgan fingerprint density at radius 1 is 1.24 bits per heavy atom. The van der Waals surface area contributed by atoms with E-state index in [0.29, 0.717) is 22.8 Å². The van der Waals surface area contributed by atoms with Gasteiger partial charge < -0.3 is 24.8 Å². The van der Waals surface area contributed by atoms with E-state index in [1.54, 1.807) is 38.3 Å². The average molecular weight is 487 g/mol. The van der Waals surface area contributed by atoms with Crippen molar-refractivity contribution in [2.45, 2.75) is 26.8 Å². The lowest BCUT2D eigenvalue weighted by molar-refractivity contribution is -0.139. The van der Waals surface area contributed by atoms with Gasteiger partial charge in [-0.15, -0.1) is 11.3 Å². The first-order valence-corrected chi connectivity index (χ1v) is 11.3. The molecule has 10 nitrogen and oxygen atoms in total. The van der Waals surface area contributed by atoms with Gasteiger partial charge in [0, 0.05) is 10.6 Å². The van der Waals surface area contributed by atoms with Crippen molar-refractivity contribution in [1.82, 2.24) is 16.1 Å². The summed E-state index contributed by atoms with van der Waals surface area (Å²) in [7, 11) is 1.45. The largest absolute Gasteiger partial charge is 0.493 e. The van der Waals surface area contributed by atoms with E-state index < -0.39 is 23.9 Å². The van der Waals surface area contributed by atoms with E-state index >= 15 is 0 Å². The number of carbonyl (C=O) groups excluding carboxylic acids is 3. The number of hydrogen-bond donors (Lipinski definition) is 3. The molecule has 0 saturated heterocycles. The monoisotopic (exact) mass is 486 g/mol. The van der Waals surface area contributed by atoms with Crippen LogP contribution >= 0.6 is 11.3 Å². The SMILES string of the molecule is CCOC(=O)C1=C(C)NC(=O)N[C@H]1c1ccc(OCC(=O)N/N=C\c2sccc2C)c(OC)c1. The fraction of sp³-hybridized carbons (Fsp3) is 0.304. The zero-order valence-corrected chi connectivity index (χ0v) is 20.1. The zero-order valence-electron chi connectivity index (χ0n) is 19.3. The van der Waals surface area contributed by atoms with E-state index in [1.807, 2.05) is 18.4 Å². The Hall–Kier alpha value is -3.86. The van der Waals surface area contributed by atoms with Crippen LogP contribution in [0.2, 0.25) is 0 Å². The molecule has 0 aliphatic carbocycles. The molecule has 0 bridgehead atoms. The molecule has 1 aromatic heterocycles. The highest BCUT2D eigenvalue weighted by molar-refractivity contribution is 7.11. The molecule has 3 N–H and O–H groups in total. The Balaban J connectivity index is 1.71. The van der Waals surface area contributed by atoms with E-state index in [-0.39, 0.29) is 18.8 Å². The summed E-state index contributed by atoms with van der Waals surface area (Å²) in [4.78, 5) is 37.6. The second kappa shape index (κ2) is 11.3. The number of ether oxygens (including phenoxy) is 3. The van der Waals surface area contributed by atoms with Crippen LogP contribution < -0.4 is 25.5 Å². The van der Waals surface area contributed by atoms with E-state index in [9.17, 15) is 14.4 Å². The minimum Gasteiger partial charge on any atom is -0.493 e. The molecular weight excluding hydrogens is 460 g/mol. The molecule has 0 fully saturated rings. The molecule has 1 atom stereocenters. The van der Waals surface area contributed by atoms with Crippen molar-refractivity contribution < 1.29 is 28.6 Å². The first-order chi connectivity index (χ1) is 16.3. The van der Waals surface area contributed by atoms with Gasteiger partial charge in [-0.1, -0.05) is 6.07 Å². The molecule has 180 valence electrons. The van der Waals surface area contributed by atoms with Gasteiger partial charge in [0.25, 0.3) is 5.91 Å². The van der Waals surface area contributed by atoms with Crippen molar-refractivity contribution in [3.63, 3.8) is 0 Å². The number of hydrazone groups is 1. The zero-order chi connectivity index (χ0) is 24.7. The Kier molecular flexibility index (Phi) is 8.25. The van der Waals surface area contributed by atoms with Gasteiger partial charge in [0.05, 0.1) is 31.5 Å². The van der Waals surface area contributed by atoms with E-state index in [4.69, 9.17) is 14.2 Å². The molecule has 1 aliphatic heterocycles. The predicted molar refractivity (Wildman–Crippen MR) is 127 cm³/mol. The van der Waals surface area contributed by atoms with Crippen LogP contribution in [0.5, 0.6) is 11.5 Å². The molecular formula is C23H26N4O6S. The van der Waals surface area contributed by atoms with Crippen molar-refractivity contribution in [3.8, 4) is 11.5 Å². The summed E-state index contributed by atoms with van der Waals surface area (Å²) in [5, 5.41) is 11.2. The first-order valence-electron chi connectivity index (χ1n) is 10.5. The number of nitrogens with zero attached hydrogens (tertiary/aromatic N) is 1. The lowest BCUT2D eigenvalue weighted by Crippen LogP contribution is -2.45. The minimum atomic E-state index is -0.742. The van der Waals surface area contributed by atoms with Gasteiger partial charge in [-0.05, 0) is 55.5 Å². The molecule has 0 radical (unpaired) electrons. The third-order valence-corrected chi connectivity index (χ3v) is 5.87. The molecule has 0 spiro atoms. The van der Waals surface area contributed by atoms with Crippen molar-refractivity contribution in [3.05, 3.63) is 56.9 Å². The third kappa shape index (κ3) is 5.93. The number of aryl methyl sites for hydroxylation is 1. The molecule has 3 rings (SSSR count). The molecule has 0 unspecified atom stereocenters. The molecule has 11 heteroatoms. The van der Waals surface area contributed by atoms with E-state index in [2.05, 4.69) is 21.2 Å². The van der Waals surface area contributed by atoms with Crippen LogP contribution in [0.25, 0.3) is 0 Å². The van der Waals surface area contributed by atoms with E-state index in [0.717, 1.165) is 10.4 Å². The number of rotatable bonds is 9. The smallest absolute Gasteiger partial charge is 0.338 e. The lowest BCUT2D eigenvalue weighted by Gasteiger charge is -2.28. The number of esters is 1. The number of allylic oxidation sites excluding steroid dienone is 1. The molecule has 3 amide bonds. The Bertz CT molecular complexity index is 1140. The van der Waals surface area contributed by atoms with Crippen molar-refractivity contribution in [1.29, 1.82) is 0 Å². The van der Waals surface area contributed by atoms with Gasteiger partial charge in [-0.3, -0.25) is 4.79 Å². The van der Waals surface area contributed by atoms with E-state index in [1.165, 1.54) is 18.4 Å². The van der Waals surface area contributed by atoms with Crippen LogP contribution in [-0.2, 0) is 14.3 Å². The predicted octanol–water partition coefficient (Wildman–Crippen LogP) is 2.79. The van der Waals surface area contributed by atoms with Crippen LogP contribution in [0.1, 0.15) is 35.9 Å². The van der Waals surface area contributed by atoms with Gasteiger partial charge in [0.1, 0.15) is 0 Å². The van der Waals surface area contributed by atoms with Crippen LogP contribution in [0.3, 0.4) is 0 Å².